The molecule has 4 rings (SSSR count). The summed E-state index contributed by atoms with van der Waals surface area (Å²) in [6.45, 7) is 2.19. The molecule has 0 atom stereocenters. The van der Waals surface area contributed by atoms with Crippen molar-refractivity contribution < 1.29 is 13.9 Å². The molecule has 3 aromatic carbocycles. The molecule has 0 saturated carbocycles. The molecule has 2 N–H and O–H groups in total. The van der Waals surface area contributed by atoms with E-state index < -0.39 is 5.63 Å². The molecular formula is C24H19ClFNO3. The lowest BCUT2D eigenvalue weighted by Gasteiger charge is -2.14. The molecule has 1 heterocycles. The van der Waals surface area contributed by atoms with Crippen molar-refractivity contribution in [3.63, 3.8) is 0 Å². The lowest BCUT2D eigenvalue weighted by Crippen LogP contribution is -2.14. The lowest BCUT2D eigenvalue weighted by molar-refractivity contribution is 0.457. The van der Waals surface area contributed by atoms with Crippen LogP contribution < -0.4 is 10.9 Å². The molecule has 0 spiro atoms. The van der Waals surface area contributed by atoms with E-state index in [1.807, 2.05) is 30.3 Å². The minimum Gasteiger partial charge on any atom is -0.507 e. The molecule has 30 heavy (non-hydrogen) atoms. The van der Waals surface area contributed by atoms with Crippen molar-refractivity contribution in [3.05, 3.63) is 98.6 Å². The lowest BCUT2D eigenvalue weighted by atomic mass is 9.97. The van der Waals surface area contributed by atoms with E-state index in [4.69, 9.17) is 16.0 Å². The summed E-state index contributed by atoms with van der Waals surface area (Å²) in [4.78, 5) is 12.1. The third-order valence-electron chi connectivity index (χ3n) is 5.08. The van der Waals surface area contributed by atoms with Gasteiger partial charge in [0.2, 0.25) is 0 Å². The minimum atomic E-state index is -0.482. The number of aryl methyl sites for hydroxylation is 1. The fourth-order valence-corrected chi connectivity index (χ4v) is 3.76. The Kier molecular flexibility index (Phi) is 5.57. The number of rotatable bonds is 5. The molecule has 1 aromatic heterocycles. The number of phenols is 1. The summed E-state index contributed by atoms with van der Waals surface area (Å²) in [5.41, 5.74) is 2.92. The van der Waals surface area contributed by atoms with E-state index >= 15 is 0 Å². The van der Waals surface area contributed by atoms with Crippen LogP contribution in [0.4, 0.5) is 4.39 Å². The van der Waals surface area contributed by atoms with Crippen molar-refractivity contribution in [2.45, 2.75) is 20.0 Å². The number of phenolic OH excluding ortho intramolecular Hbond substituents is 1. The Labute approximate surface area is 177 Å². The van der Waals surface area contributed by atoms with Crippen molar-refractivity contribution >= 4 is 22.6 Å². The van der Waals surface area contributed by atoms with E-state index in [0.29, 0.717) is 27.3 Å². The minimum absolute atomic E-state index is 0.0305. The first-order valence-corrected chi connectivity index (χ1v) is 9.82. The highest BCUT2D eigenvalue weighted by atomic mass is 35.5. The molecule has 0 bridgehead atoms. The first-order valence-electron chi connectivity index (χ1n) is 9.44. The first-order chi connectivity index (χ1) is 14.5. The molecule has 152 valence electrons. The van der Waals surface area contributed by atoms with Gasteiger partial charge in [0.25, 0.3) is 0 Å². The van der Waals surface area contributed by atoms with Crippen LogP contribution >= 0.6 is 11.6 Å². The van der Waals surface area contributed by atoms with Gasteiger partial charge < -0.3 is 14.8 Å². The highest BCUT2D eigenvalue weighted by Gasteiger charge is 2.16. The molecule has 4 nitrogen and oxygen atoms in total. The summed E-state index contributed by atoms with van der Waals surface area (Å²) in [5.74, 6) is -0.356. The number of fused-ring (bicyclic) bond motifs is 1. The van der Waals surface area contributed by atoms with Gasteiger partial charge in [-0.3, -0.25) is 0 Å². The van der Waals surface area contributed by atoms with Gasteiger partial charge in [0.15, 0.2) is 0 Å². The summed E-state index contributed by atoms with van der Waals surface area (Å²) in [6, 6.07) is 17.3. The van der Waals surface area contributed by atoms with Crippen molar-refractivity contribution in [1.29, 1.82) is 0 Å². The summed E-state index contributed by atoms with van der Waals surface area (Å²) in [6.07, 6.45) is 0. The van der Waals surface area contributed by atoms with Gasteiger partial charge in [-0.05, 0) is 36.2 Å². The molecule has 0 radical (unpaired) electrons. The van der Waals surface area contributed by atoms with Crippen LogP contribution in [0.15, 0.2) is 69.9 Å². The summed E-state index contributed by atoms with van der Waals surface area (Å²) < 4.78 is 19.4. The third kappa shape index (κ3) is 3.82. The first kappa shape index (κ1) is 20.1. The highest BCUT2D eigenvalue weighted by molar-refractivity contribution is 6.31. The van der Waals surface area contributed by atoms with Crippen molar-refractivity contribution in [1.82, 2.24) is 5.32 Å². The van der Waals surface area contributed by atoms with Gasteiger partial charge in [-0.2, -0.15) is 0 Å². The van der Waals surface area contributed by atoms with Gasteiger partial charge in [0, 0.05) is 46.3 Å². The van der Waals surface area contributed by atoms with Crippen LogP contribution in [0, 0.1) is 12.7 Å². The largest absolute Gasteiger partial charge is 0.507 e. The van der Waals surface area contributed by atoms with Crippen LogP contribution in [0.5, 0.6) is 5.75 Å². The monoisotopic (exact) mass is 423 g/mol. The molecule has 6 heteroatoms. The van der Waals surface area contributed by atoms with Crippen LogP contribution in [0.2, 0.25) is 5.02 Å². The molecule has 0 aliphatic rings. The van der Waals surface area contributed by atoms with Crippen LogP contribution in [0.25, 0.3) is 22.1 Å². The Balaban J connectivity index is 1.73. The number of aromatic hydroxyl groups is 1. The van der Waals surface area contributed by atoms with E-state index in [9.17, 15) is 14.3 Å². The Bertz CT molecular complexity index is 1270. The van der Waals surface area contributed by atoms with E-state index in [1.165, 1.54) is 12.1 Å². The number of nitrogens with one attached hydrogen (secondary N) is 1. The molecular weight excluding hydrogens is 405 g/mol. The van der Waals surface area contributed by atoms with Crippen LogP contribution in [0.1, 0.15) is 16.7 Å². The maximum Gasteiger partial charge on any atom is 0.336 e. The van der Waals surface area contributed by atoms with Crippen LogP contribution in [0.3, 0.4) is 0 Å². The Hall–Kier alpha value is -3.15. The van der Waals surface area contributed by atoms with Crippen molar-refractivity contribution in [3.8, 4) is 16.9 Å². The quantitative estimate of drug-likeness (QED) is 0.413. The van der Waals surface area contributed by atoms with E-state index in [0.717, 1.165) is 16.5 Å². The van der Waals surface area contributed by atoms with Gasteiger partial charge >= 0.3 is 5.63 Å². The third-order valence-corrected chi connectivity index (χ3v) is 5.44. The topological polar surface area (TPSA) is 62.5 Å². The second kappa shape index (κ2) is 8.30. The van der Waals surface area contributed by atoms with Gasteiger partial charge in [-0.25, -0.2) is 9.18 Å². The molecule has 0 amide bonds. The van der Waals surface area contributed by atoms with Crippen LogP contribution in [-0.4, -0.2) is 5.11 Å². The normalized spacial score (nSPS) is 11.2. The summed E-state index contributed by atoms with van der Waals surface area (Å²) in [7, 11) is 0. The van der Waals surface area contributed by atoms with E-state index in [1.54, 1.807) is 25.1 Å². The zero-order chi connectivity index (χ0) is 21.3. The zero-order valence-corrected chi connectivity index (χ0v) is 17.0. The van der Waals surface area contributed by atoms with Gasteiger partial charge in [-0.1, -0.05) is 48.0 Å². The number of hydrogen-bond donors (Lipinski definition) is 2. The Morgan fingerprint density at radius 2 is 1.83 bits per heavy atom. The second-order valence-corrected chi connectivity index (χ2v) is 7.44. The van der Waals surface area contributed by atoms with Crippen molar-refractivity contribution in [2.24, 2.45) is 0 Å². The SMILES string of the molecule is Cc1c(O)c(CNCc2c(F)cccc2Cl)cc2c(-c3ccccc3)cc(=O)oc12. The predicted octanol–water partition coefficient (Wildman–Crippen LogP) is 5.56. The predicted molar refractivity (Wildman–Crippen MR) is 116 cm³/mol. The molecule has 0 unspecified atom stereocenters. The maximum absolute atomic E-state index is 14.0. The Morgan fingerprint density at radius 3 is 2.57 bits per heavy atom. The summed E-state index contributed by atoms with van der Waals surface area (Å²) >= 11 is 6.08. The smallest absolute Gasteiger partial charge is 0.336 e. The molecule has 4 aromatic rings. The number of benzene rings is 3. The molecule has 0 aliphatic heterocycles. The second-order valence-electron chi connectivity index (χ2n) is 7.03. The molecule has 0 saturated heterocycles. The average Bonchev–Trinajstić information content (AvgIpc) is 2.74. The Morgan fingerprint density at radius 1 is 1.07 bits per heavy atom. The fraction of sp³-hybridized carbons (Fsp3) is 0.125. The van der Waals surface area contributed by atoms with E-state index in [2.05, 4.69) is 5.32 Å². The van der Waals surface area contributed by atoms with Gasteiger partial charge in [0.1, 0.15) is 17.1 Å². The van der Waals surface area contributed by atoms with Crippen molar-refractivity contribution in [2.75, 3.05) is 0 Å². The average molecular weight is 424 g/mol. The van der Waals surface area contributed by atoms with Crippen LogP contribution in [-0.2, 0) is 13.1 Å². The standard InChI is InChI=1S/C24H19ClFNO3/c1-14-23(29)16(12-27-13-19-20(25)8-5-9-21(19)26)10-18-17(11-22(28)30-24(14)18)15-6-3-2-4-7-15/h2-11,27,29H,12-13H2,1H3. The maximum atomic E-state index is 14.0. The highest BCUT2D eigenvalue weighted by Crippen LogP contribution is 2.35. The molecule has 0 aliphatic carbocycles. The zero-order valence-electron chi connectivity index (χ0n) is 16.2. The van der Waals surface area contributed by atoms with E-state index in [-0.39, 0.29) is 24.7 Å². The van der Waals surface area contributed by atoms with Gasteiger partial charge in [-0.15, -0.1) is 0 Å². The molecule has 0 fully saturated rings. The van der Waals surface area contributed by atoms with Gasteiger partial charge in [0.05, 0.1) is 0 Å². The summed E-state index contributed by atoms with van der Waals surface area (Å²) in [5, 5.41) is 14.8. The number of hydrogen-bond acceptors (Lipinski definition) is 4. The number of halogens is 2. The fourth-order valence-electron chi connectivity index (χ4n) is 3.53.